The smallest absolute Gasteiger partial charge is 0.165 e. The molecular weight excluding hydrogens is 331 g/mol. The summed E-state index contributed by atoms with van der Waals surface area (Å²) >= 11 is 0. The first-order valence-corrected chi connectivity index (χ1v) is 8.54. The van der Waals surface area contributed by atoms with Crippen molar-refractivity contribution in [2.45, 2.75) is 6.42 Å². The summed E-state index contributed by atoms with van der Waals surface area (Å²) < 4.78 is 15.3. The van der Waals surface area contributed by atoms with Gasteiger partial charge in [-0.25, -0.2) is 19.3 Å². The number of hydrogen-bond donors (Lipinski definition) is 1. The third-order valence-corrected chi connectivity index (χ3v) is 4.98. The first kappa shape index (κ1) is 15.1. The van der Waals surface area contributed by atoms with E-state index in [0.717, 1.165) is 53.0 Å². The lowest BCUT2D eigenvalue weighted by Crippen LogP contribution is -2.29. The first-order chi connectivity index (χ1) is 12.7. The molecule has 4 heterocycles. The highest BCUT2D eigenvalue weighted by Gasteiger charge is 2.20. The molecule has 0 fully saturated rings. The number of benzene rings is 1. The number of halogens is 1. The zero-order valence-electron chi connectivity index (χ0n) is 14.3. The van der Waals surface area contributed by atoms with Crippen molar-refractivity contribution in [2.24, 2.45) is 7.05 Å². The lowest BCUT2D eigenvalue weighted by atomic mass is 9.99. The number of aryl methyl sites for hydroxylation is 1. The van der Waals surface area contributed by atoms with Gasteiger partial charge in [-0.15, -0.1) is 0 Å². The number of nitrogens with zero attached hydrogens (tertiary/aromatic N) is 5. The highest BCUT2D eigenvalue weighted by Crippen LogP contribution is 2.31. The monoisotopic (exact) mass is 348 g/mol. The predicted octanol–water partition coefficient (Wildman–Crippen LogP) is 3.28. The summed E-state index contributed by atoms with van der Waals surface area (Å²) in [6.07, 6.45) is 8.42. The van der Waals surface area contributed by atoms with Gasteiger partial charge in [0.15, 0.2) is 17.0 Å². The van der Waals surface area contributed by atoms with E-state index in [-0.39, 0.29) is 5.82 Å². The van der Waals surface area contributed by atoms with E-state index in [9.17, 15) is 4.39 Å². The molecule has 0 radical (unpaired) electrons. The third-order valence-electron chi connectivity index (χ3n) is 4.98. The van der Waals surface area contributed by atoms with E-state index in [1.165, 1.54) is 17.7 Å². The van der Waals surface area contributed by atoms with E-state index < -0.39 is 0 Å². The molecule has 0 aliphatic carbocycles. The summed E-state index contributed by atoms with van der Waals surface area (Å²) in [5.41, 5.74) is 4.91. The van der Waals surface area contributed by atoms with Crippen LogP contribution in [0.1, 0.15) is 12.0 Å². The van der Waals surface area contributed by atoms with Gasteiger partial charge in [0.05, 0.1) is 6.33 Å². The molecule has 0 amide bonds. The molecule has 0 saturated carbocycles. The zero-order valence-corrected chi connectivity index (χ0v) is 14.3. The van der Waals surface area contributed by atoms with Crippen LogP contribution < -0.4 is 4.90 Å². The van der Waals surface area contributed by atoms with Crippen molar-refractivity contribution in [3.8, 4) is 0 Å². The molecule has 0 spiro atoms. The minimum atomic E-state index is -0.224. The van der Waals surface area contributed by atoms with E-state index in [2.05, 4.69) is 30.9 Å². The Morgan fingerprint density at radius 2 is 2.12 bits per heavy atom. The second-order valence-corrected chi connectivity index (χ2v) is 6.54. The quantitative estimate of drug-likeness (QED) is 0.604. The number of rotatable bonds is 2. The maximum atomic E-state index is 13.4. The second kappa shape index (κ2) is 5.66. The molecule has 1 aromatic carbocycles. The van der Waals surface area contributed by atoms with Crippen LogP contribution in [0, 0.1) is 5.82 Å². The molecule has 130 valence electrons. The van der Waals surface area contributed by atoms with Gasteiger partial charge in [-0.2, -0.15) is 0 Å². The summed E-state index contributed by atoms with van der Waals surface area (Å²) in [5, 5.41) is 1.06. The Morgan fingerprint density at radius 3 is 2.96 bits per heavy atom. The topological polar surface area (TPSA) is 62.6 Å². The third kappa shape index (κ3) is 2.28. The molecule has 1 N–H and O–H groups in total. The summed E-state index contributed by atoms with van der Waals surface area (Å²) in [6, 6.07) is 4.88. The van der Waals surface area contributed by atoms with E-state index >= 15 is 0 Å². The van der Waals surface area contributed by atoms with Gasteiger partial charge in [-0.3, -0.25) is 0 Å². The Hall–Kier alpha value is -3.22. The molecule has 5 rings (SSSR count). The molecule has 0 atom stereocenters. The van der Waals surface area contributed by atoms with E-state index in [0.29, 0.717) is 0 Å². The summed E-state index contributed by atoms with van der Waals surface area (Å²) in [6.45, 7) is 1.61. The van der Waals surface area contributed by atoms with Gasteiger partial charge >= 0.3 is 0 Å². The Kier molecular flexibility index (Phi) is 3.28. The highest BCUT2D eigenvalue weighted by atomic mass is 19.1. The van der Waals surface area contributed by atoms with Gasteiger partial charge in [0.2, 0.25) is 0 Å². The van der Waals surface area contributed by atoms with E-state index in [1.54, 1.807) is 12.7 Å². The normalized spacial score (nSPS) is 15.0. The van der Waals surface area contributed by atoms with Gasteiger partial charge in [-0.05, 0) is 30.2 Å². The van der Waals surface area contributed by atoms with Crippen molar-refractivity contribution in [3.05, 3.63) is 54.5 Å². The fourth-order valence-corrected chi connectivity index (χ4v) is 3.63. The Bertz CT molecular complexity index is 1160. The van der Waals surface area contributed by atoms with Crippen molar-refractivity contribution in [3.63, 3.8) is 0 Å². The van der Waals surface area contributed by atoms with Crippen LogP contribution >= 0.6 is 0 Å². The van der Waals surface area contributed by atoms with Crippen molar-refractivity contribution < 1.29 is 4.39 Å². The van der Waals surface area contributed by atoms with Crippen LogP contribution in [0.4, 0.5) is 10.2 Å². The van der Waals surface area contributed by atoms with Crippen LogP contribution in [0.15, 0.2) is 43.1 Å². The van der Waals surface area contributed by atoms with Crippen molar-refractivity contribution >= 4 is 33.5 Å². The average molecular weight is 348 g/mol. The van der Waals surface area contributed by atoms with Crippen LogP contribution in [0.25, 0.3) is 27.6 Å². The van der Waals surface area contributed by atoms with Crippen LogP contribution in [-0.2, 0) is 7.05 Å². The number of aromatic nitrogens is 5. The molecule has 1 aliphatic heterocycles. The van der Waals surface area contributed by atoms with Gasteiger partial charge in [0.25, 0.3) is 0 Å². The molecule has 0 unspecified atom stereocenters. The lowest BCUT2D eigenvalue weighted by Gasteiger charge is -2.27. The van der Waals surface area contributed by atoms with Crippen LogP contribution in [-0.4, -0.2) is 37.6 Å². The van der Waals surface area contributed by atoms with Gasteiger partial charge in [0.1, 0.15) is 12.1 Å². The molecule has 26 heavy (non-hydrogen) atoms. The molecule has 6 nitrogen and oxygen atoms in total. The van der Waals surface area contributed by atoms with Gasteiger partial charge < -0.3 is 14.5 Å². The van der Waals surface area contributed by atoms with Gasteiger partial charge in [0, 0.05) is 42.8 Å². The molecule has 4 aromatic rings. The largest absolute Gasteiger partial charge is 0.360 e. The Morgan fingerprint density at radius 1 is 1.19 bits per heavy atom. The Balaban J connectivity index is 1.48. The predicted molar refractivity (Wildman–Crippen MR) is 99.4 cm³/mol. The number of hydrogen-bond acceptors (Lipinski definition) is 4. The standard InChI is InChI=1S/C19H17FN6/c1-25-11-24-17-18(25)22-10-23-19(17)26-6-4-12(5-7-26)15-9-21-16-8-13(20)2-3-14(15)16/h2-4,8-11,21H,5-7H2,1H3. The summed E-state index contributed by atoms with van der Waals surface area (Å²) in [5.74, 6) is 0.643. The van der Waals surface area contributed by atoms with Crippen molar-refractivity contribution in [2.75, 3.05) is 18.0 Å². The molecule has 0 saturated heterocycles. The summed E-state index contributed by atoms with van der Waals surface area (Å²) in [4.78, 5) is 18.6. The van der Waals surface area contributed by atoms with Crippen molar-refractivity contribution in [1.29, 1.82) is 0 Å². The zero-order chi connectivity index (χ0) is 17.7. The van der Waals surface area contributed by atoms with Crippen LogP contribution in [0.2, 0.25) is 0 Å². The van der Waals surface area contributed by atoms with Crippen LogP contribution in [0.5, 0.6) is 0 Å². The number of fused-ring (bicyclic) bond motifs is 2. The maximum Gasteiger partial charge on any atom is 0.165 e. The minimum absolute atomic E-state index is 0.224. The number of H-pyrrole nitrogens is 1. The number of imidazole rings is 1. The maximum absolute atomic E-state index is 13.4. The molecule has 3 aromatic heterocycles. The number of aromatic amines is 1. The minimum Gasteiger partial charge on any atom is -0.360 e. The highest BCUT2D eigenvalue weighted by molar-refractivity contribution is 5.93. The second-order valence-electron chi connectivity index (χ2n) is 6.54. The fraction of sp³-hybridized carbons (Fsp3) is 0.211. The molecule has 7 heteroatoms. The average Bonchev–Trinajstić information content (AvgIpc) is 3.25. The molecular formula is C19H17FN6. The molecule has 1 aliphatic rings. The van der Waals surface area contributed by atoms with Crippen molar-refractivity contribution in [1.82, 2.24) is 24.5 Å². The van der Waals surface area contributed by atoms with E-state index in [4.69, 9.17) is 0 Å². The van der Waals surface area contributed by atoms with E-state index in [1.807, 2.05) is 23.9 Å². The summed E-state index contributed by atoms with van der Waals surface area (Å²) in [7, 11) is 1.93. The number of anilines is 1. The molecule has 0 bridgehead atoms. The fourth-order valence-electron chi connectivity index (χ4n) is 3.63. The van der Waals surface area contributed by atoms with Gasteiger partial charge in [-0.1, -0.05) is 6.08 Å². The first-order valence-electron chi connectivity index (χ1n) is 8.54. The number of nitrogens with one attached hydrogen (secondary N) is 1. The van der Waals surface area contributed by atoms with Crippen LogP contribution in [0.3, 0.4) is 0 Å². The Labute approximate surface area is 149 Å². The SMILES string of the molecule is Cn1cnc2c(N3CC=C(c4c[nH]c5cc(F)ccc45)CC3)ncnc21. The lowest BCUT2D eigenvalue weighted by molar-refractivity contribution is 0.629.